The molecule has 27 heavy (non-hydrogen) atoms. The Morgan fingerprint density at radius 2 is 2.04 bits per heavy atom. The van der Waals surface area contributed by atoms with Crippen LogP contribution in [0.4, 0.5) is 17.5 Å². The van der Waals surface area contributed by atoms with Crippen molar-refractivity contribution in [2.75, 3.05) is 23.8 Å². The number of pyridine rings is 2. The summed E-state index contributed by atoms with van der Waals surface area (Å²) >= 11 is 0. The second-order valence-electron chi connectivity index (χ2n) is 7.63. The summed E-state index contributed by atoms with van der Waals surface area (Å²) in [4.78, 5) is 26.0. The van der Waals surface area contributed by atoms with Crippen LogP contribution in [0.25, 0.3) is 10.8 Å². The summed E-state index contributed by atoms with van der Waals surface area (Å²) in [6, 6.07) is 3.87. The molecule has 2 N–H and O–H groups in total. The molecule has 0 spiro atoms. The van der Waals surface area contributed by atoms with Crippen molar-refractivity contribution in [2.24, 2.45) is 0 Å². The molecule has 0 bridgehead atoms. The zero-order valence-corrected chi connectivity index (χ0v) is 15.6. The Hall–Kier alpha value is -3.00. The van der Waals surface area contributed by atoms with Gasteiger partial charge in [0.15, 0.2) is 0 Å². The van der Waals surface area contributed by atoms with Gasteiger partial charge in [-0.1, -0.05) is 0 Å². The highest BCUT2D eigenvalue weighted by Crippen LogP contribution is 2.27. The first-order chi connectivity index (χ1) is 12.9. The van der Waals surface area contributed by atoms with Crippen LogP contribution in [-0.4, -0.2) is 38.3 Å². The van der Waals surface area contributed by atoms with E-state index in [0.29, 0.717) is 36.1 Å². The topological polar surface area (TPSA) is 94.0 Å². The quantitative estimate of drug-likeness (QED) is 0.733. The SMILES string of the molecule is CC(C)(C)Nc1nc(Nc2cnccn2)cc2ccn(C3COC3)c(=O)c12. The molecule has 8 heteroatoms. The van der Waals surface area contributed by atoms with Crippen molar-refractivity contribution in [3.8, 4) is 0 Å². The third-order valence-corrected chi connectivity index (χ3v) is 4.24. The van der Waals surface area contributed by atoms with Crippen molar-refractivity contribution in [1.82, 2.24) is 19.5 Å². The van der Waals surface area contributed by atoms with Gasteiger partial charge in [0.25, 0.3) is 5.56 Å². The molecule has 0 atom stereocenters. The Balaban J connectivity index is 1.84. The van der Waals surface area contributed by atoms with E-state index in [-0.39, 0.29) is 17.1 Å². The Morgan fingerprint density at radius 3 is 2.67 bits per heavy atom. The van der Waals surface area contributed by atoms with E-state index in [4.69, 9.17) is 4.74 Å². The Morgan fingerprint density at radius 1 is 1.22 bits per heavy atom. The number of anilines is 3. The molecule has 0 aliphatic carbocycles. The van der Waals surface area contributed by atoms with E-state index in [9.17, 15) is 4.79 Å². The molecule has 140 valence electrons. The lowest BCUT2D eigenvalue weighted by Gasteiger charge is -2.28. The van der Waals surface area contributed by atoms with E-state index in [1.54, 1.807) is 23.2 Å². The molecule has 4 heterocycles. The first kappa shape index (κ1) is 17.4. The molecule has 1 fully saturated rings. The molecule has 0 amide bonds. The molecule has 0 unspecified atom stereocenters. The zero-order valence-electron chi connectivity index (χ0n) is 15.6. The van der Waals surface area contributed by atoms with Crippen molar-refractivity contribution in [2.45, 2.75) is 32.4 Å². The summed E-state index contributed by atoms with van der Waals surface area (Å²) in [6.07, 6.45) is 6.66. The molecule has 3 aromatic rings. The second kappa shape index (κ2) is 6.62. The van der Waals surface area contributed by atoms with E-state index in [0.717, 1.165) is 5.39 Å². The van der Waals surface area contributed by atoms with Gasteiger partial charge in [-0.3, -0.25) is 9.78 Å². The molecular formula is C19H22N6O2. The maximum Gasteiger partial charge on any atom is 0.262 e. The monoisotopic (exact) mass is 366 g/mol. The van der Waals surface area contributed by atoms with Crippen LogP contribution in [-0.2, 0) is 4.74 Å². The lowest BCUT2D eigenvalue weighted by Crippen LogP contribution is -2.37. The van der Waals surface area contributed by atoms with Crippen LogP contribution in [0, 0.1) is 0 Å². The molecule has 8 nitrogen and oxygen atoms in total. The third-order valence-electron chi connectivity index (χ3n) is 4.24. The number of nitrogens with one attached hydrogen (secondary N) is 2. The standard InChI is InChI=1S/C19H22N6O2/c1-19(2,3)24-17-16-12(4-7-25(18(16)26)13-10-27-11-13)8-14(23-17)22-15-9-20-5-6-21-15/h4-9,13H,10-11H2,1-3H3,(H2,21,22,23,24). The molecule has 0 aromatic carbocycles. The van der Waals surface area contributed by atoms with Gasteiger partial charge in [0.05, 0.1) is 30.8 Å². The lowest BCUT2D eigenvalue weighted by atomic mass is 10.1. The van der Waals surface area contributed by atoms with E-state index < -0.39 is 0 Å². The Labute approximate surface area is 156 Å². The fourth-order valence-corrected chi connectivity index (χ4v) is 2.95. The Kier molecular flexibility index (Phi) is 4.27. The first-order valence-electron chi connectivity index (χ1n) is 8.85. The lowest BCUT2D eigenvalue weighted by molar-refractivity contribution is -0.0246. The van der Waals surface area contributed by atoms with Gasteiger partial charge in [0.1, 0.15) is 17.5 Å². The molecule has 1 aliphatic rings. The number of ether oxygens (including phenoxy) is 1. The van der Waals surface area contributed by atoms with Gasteiger partial charge in [-0.15, -0.1) is 0 Å². The van der Waals surface area contributed by atoms with Gasteiger partial charge in [0.2, 0.25) is 0 Å². The minimum atomic E-state index is -0.252. The highest BCUT2D eigenvalue weighted by Gasteiger charge is 2.24. The van der Waals surface area contributed by atoms with E-state index in [2.05, 4.69) is 25.6 Å². The van der Waals surface area contributed by atoms with Gasteiger partial charge in [-0.05, 0) is 38.3 Å². The van der Waals surface area contributed by atoms with Gasteiger partial charge in [-0.2, -0.15) is 0 Å². The van der Waals surface area contributed by atoms with Gasteiger partial charge in [0, 0.05) is 24.1 Å². The number of fused-ring (bicyclic) bond motifs is 1. The van der Waals surface area contributed by atoms with Crippen molar-refractivity contribution in [3.05, 3.63) is 47.3 Å². The maximum absolute atomic E-state index is 13.1. The number of rotatable bonds is 4. The molecule has 1 saturated heterocycles. The van der Waals surface area contributed by atoms with Crippen LogP contribution >= 0.6 is 0 Å². The summed E-state index contributed by atoms with van der Waals surface area (Å²) in [6.45, 7) is 7.22. The molecule has 0 radical (unpaired) electrons. The summed E-state index contributed by atoms with van der Waals surface area (Å²) in [5, 5.41) is 7.89. The number of nitrogens with zero attached hydrogens (tertiary/aromatic N) is 4. The molecular weight excluding hydrogens is 344 g/mol. The van der Waals surface area contributed by atoms with Crippen LogP contribution < -0.4 is 16.2 Å². The van der Waals surface area contributed by atoms with E-state index in [1.165, 1.54) is 0 Å². The predicted octanol–water partition coefficient (Wildman–Crippen LogP) is 2.71. The minimum Gasteiger partial charge on any atom is -0.377 e. The first-order valence-corrected chi connectivity index (χ1v) is 8.85. The average molecular weight is 366 g/mol. The number of hydrogen-bond donors (Lipinski definition) is 2. The number of aromatic nitrogens is 4. The maximum atomic E-state index is 13.1. The van der Waals surface area contributed by atoms with Gasteiger partial charge >= 0.3 is 0 Å². The van der Waals surface area contributed by atoms with E-state index >= 15 is 0 Å². The van der Waals surface area contributed by atoms with Crippen LogP contribution in [0.3, 0.4) is 0 Å². The smallest absolute Gasteiger partial charge is 0.262 e. The van der Waals surface area contributed by atoms with Crippen molar-refractivity contribution in [1.29, 1.82) is 0 Å². The van der Waals surface area contributed by atoms with Crippen LogP contribution in [0.5, 0.6) is 0 Å². The minimum absolute atomic E-state index is 0.0638. The van der Waals surface area contributed by atoms with Crippen LogP contribution in [0.2, 0.25) is 0 Å². The highest BCUT2D eigenvalue weighted by atomic mass is 16.5. The molecule has 1 aliphatic heterocycles. The number of hydrogen-bond acceptors (Lipinski definition) is 7. The third kappa shape index (κ3) is 3.61. The Bertz CT molecular complexity index is 1020. The summed E-state index contributed by atoms with van der Waals surface area (Å²) < 4.78 is 6.97. The van der Waals surface area contributed by atoms with Crippen LogP contribution in [0.1, 0.15) is 26.8 Å². The van der Waals surface area contributed by atoms with Crippen molar-refractivity contribution in [3.63, 3.8) is 0 Å². The predicted molar refractivity (Wildman–Crippen MR) is 105 cm³/mol. The zero-order chi connectivity index (χ0) is 19.0. The van der Waals surface area contributed by atoms with Gasteiger partial charge in [-0.25, -0.2) is 9.97 Å². The molecule has 0 saturated carbocycles. The normalized spacial score (nSPS) is 14.8. The second-order valence-corrected chi connectivity index (χ2v) is 7.63. The summed E-state index contributed by atoms with van der Waals surface area (Å²) in [7, 11) is 0. The highest BCUT2D eigenvalue weighted by molar-refractivity contribution is 5.93. The summed E-state index contributed by atoms with van der Waals surface area (Å²) in [5.74, 6) is 1.73. The largest absolute Gasteiger partial charge is 0.377 e. The van der Waals surface area contributed by atoms with Crippen molar-refractivity contribution >= 4 is 28.2 Å². The fraction of sp³-hybridized carbons (Fsp3) is 0.368. The molecule has 3 aromatic heterocycles. The summed E-state index contributed by atoms with van der Waals surface area (Å²) in [5.41, 5.74) is -0.316. The molecule has 4 rings (SSSR count). The van der Waals surface area contributed by atoms with E-state index in [1.807, 2.05) is 39.1 Å². The van der Waals surface area contributed by atoms with Crippen molar-refractivity contribution < 1.29 is 4.74 Å². The van der Waals surface area contributed by atoms with Crippen LogP contribution in [0.15, 0.2) is 41.7 Å². The fourth-order valence-electron chi connectivity index (χ4n) is 2.95. The average Bonchev–Trinajstić information content (AvgIpc) is 2.55. The van der Waals surface area contributed by atoms with Gasteiger partial charge < -0.3 is 19.9 Å².